The molecule has 2 radical (unpaired) electrons. The normalized spacial score (nSPS) is 7.50. The first-order valence-corrected chi connectivity index (χ1v) is 1.62. The first-order chi connectivity index (χ1) is 1.91. The Balaban J connectivity index is 1.97. The third-order valence-corrected chi connectivity index (χ3v) is 0.289. The summed E-state index contributed by atoms with van der Waals surface area (Å²) in [6.45, 7) is 7.08. The molecule has 0 saturated carbocycles. The Morgan fingerprint density at radius 3 is 2.00 bits per heavy atom. The van der Waals surface area contributed by atoms with E-state index in [1.807, 2.05) is 0 Å². The Morgan fingerprint density at radius 2 is 2.00 bits per heavy atom. The maximum Gasteiger partial charge on any atom is -0.0352 e. The standard InChI is InChI=1S/C4H8/c1-3-4-2/h1H,3-4H2,2H3. The molecule has 0 aromatic heterocycles. The minimum atomic E-state index is 0.819. The van der Waals surface area contributed by atoms with Crippen LogP contribution in [0.5, 0.6) is 0 Å². The second-order valence-electron chi connectivity index (χ2n) is 0.789. The van der Waals surface area contributed by atoms with Gasteiger partial charge in [-0.1, -0.05) is 19.8 Å². The Hall–Kier alpha value is 0. The van der Waals surface area contributed by atoms with Gasteiger partial charge < -0.3 is 0 Å². The van der Waals surface area contributed by atoms with Crippen LogP contribution in [0.25, 0.3) is 0 Å². The van der Waals surface area contributed by atoms with E-state index < -0.39 is 0 Å². The third kappa shape index (κ3) is 2.00. The molecule has 0 saturated heterocycles. The Morgan fingerprint density at radius 1 is 1.75 bits per heavy atom. The predicted molar refractivity (Wildman–Crippen MR) is 19.2 cm³/mol. The average molecular weight is 56.1 g/mol. The van der Waals surface area contributed by atoms with Crippen LogP contribution in [0.2, 0.25) is 0 Å². The summed E-state index contributed by atoms with van der Waals surface area (Å²) in [6.07, 6.45) is 1.92. The summed E-state index contributed by atoms with van der Waals surface area (Å²) in [5, 5.41) is 0. The summed E-state index contributed by atoms with van der Waals surface area (Å²) in [4.78, 5) is 0. The Bertz CT molecular complexity index is 2.00. The van der Waals surface area contributed by atoms with Crippen molar-refractivity contribution in [3.05, 3.63) is 6.92 Å². The molecule has 0 aliphatic carbocycles. The highest BCUT2D eigenvalue weighted by molar-refractivity contribution is 4.29. The molecular formula is C4H8. The van der Waals surface area contributed by atoms with Gasteiger partial charge in [-0.3, -0.25) is 0 Å². The zero-order valence-corrected chi connectivity index (χ0v) is 2.99. The summed E-state index contributed by atoms with van der Waals surface area (Å²) < 4.78 is 0. The smallest absolute Gasteiger partial charge is 0.0352 e. The predicted octanol–water partition coefficient (Wildman–Crippen LogP) is 1.50. The molecule has 0 heterocycles. The van der Waals surface area contributed by atoms with Crippen LogP contribution in [0.15, 0.2) is 0 Å². The number of unbranched alkanes of at least 4 members (excludes halogenated alkanes) is 1. The Kier molecular flexibility index (Phi) is 3.00. The van der Waals surface area contributed by atoms with Gasteiger partial charge in [-0.25, -0.2) is 0 Å². The van der Waals surface area contributed by atoms with E-state index in [4.69, 9.17) is 6.92 Å². The van der Waals surface area contributed by atoms with Gasteiger partial charge in [0.05, 0.1) is 0 Å². The SMILES string of the molecule is [CH]CCC. The van der Waals surface area contributed by atoms with Crippen LogP contribution < -0.4 is 0 Å². The molecule has 0 aliphatic rings. The lowest BCUT2D eigenvalue weighted by atomic mass is 10.4. The average Bonchev–Trinajstić information content (AvgIpc) is 1.37. The molecule has 0 bridgehead atoms. The molecule has 0 unspecified atom stereocenters. The van der Waals surface area contributed by atoms with E-state index in [0.29, 0.717) is 0 Å². The molecule has 0 atom stereocenters. The van der Waals surface area contributed by atoms with Gasteiger partial charge in [0, 0.05) is 0 Å². The topological polar surface area (TPSA) is 0 Å². The van der Waals surface area contributed by atoms with Gasteiger partial charge in [0.25, 0.3) is 0 Å². The van der Waals surface area contributed by atoms with E-state index in [1.54, 1.807) is 0 Å². The highest BCUT2D eigenvalue weighted by Gasteiger charge is 1.57. The van der Waals surface area contributed by atoms with Crippen molar-refractivity contribution in [2.75, 3.05) is 0 Å². The van der Waals surface area contributed by atoms with Crippen molar-refractivity contribution in [3.8, 4) is 0 Å². The number of hydrogen-bond acceptors (Lipinski definition) is 0. The first kappa shape index (κ1) is 4.00. The van der Waals surface area contributed by atoms with E-state index in [1.165, 1.54) is 0 Å². The maximum atomic E-state index is 5.03. The molecule has 0 aliphatic heterocycles. The molecular weight excluding hydrogens is 48.0 g/mol. The second-order valence-corrected chi connectivity index (χ2v) is 0.789. The molecule has 0 aromatic carbocycles. The summed E-state index contributed by atoms with van der Waals surface area (Å²) in [5.41, 5.74) is 0. The van der Waals surface area contributed by atoms with Crippen LogP contribution in [0.3, 0.4) is 0 Å². The second kappa shape index (κ2) is 3.00. The van der Waals surface area contributed by atoms with Crippen LogP contribution in [-0.2, 0) is 0 Å². The van der Waals surface area contributed by atoms with E-state index >= 15 is 0 Å². The molecule has 0 fully saturated rings. The number of rotatable bonds is 1. The van der Waals surface area contributed by atoms with Gasteiger partial charge in [-0.05, 0) is 6.92 Å². The largest absolute Gasteiger partial charge is 0.0654 e. The van der Waals surface area contributed by atoms with E-state index in [2.05, 4.69) is 6.92 Å². The molecule has 0 amide bonds. The lowest BCUT2D eigenvalue weighted by molar-refractivity contribution is 0.956. The molecule has 0 N–H and O–H groups in total. The monoisotopic (exact) mass is 56.1 g/mol. The lowest BCUT2D eigenvalue weighted by Crippen LogP contribution is -1.48. The van der Waals surface area contributed by atoms with Crippen molar-refractivity contribution in [2.24, 2.45) is 0 Å². The summed E-state index contributed by atoms with van der Waals surface area (Å²) in [7, 11) is 0. The summed E-state index contributed by atoms with van der Waals surface area (Å²) >= 11 is 0. The first-order valence-electron chi connectivity index (χ1n) is 1.62. The Labute approximate surface area is 27.8 Å². The van der Waals surface area contributed by atoms with E-state index in [9.17, 15) is 0 Å². The van der Waals surface area contributed by atoms with Gasteiger partial charge in [0.15, 0.2) is 0 Å². The molecule has 24 valence electrons. The molecule has 0 spiro atoms. The fourth-order valence-corrected chi connectivity index (χ4v) is 0. The van der Waals surface area contributed by atoms with Crippen molar-refractivity contribution < 1.29 is 0 Å². The molecule has 0 nitrogen and oxygen atoms in total. The van der Waals surface area contributed by atoms with E-state index in [-0.39, 0.29) is 0 Å². The zero-order valence-electron chi connectivity index (χ0n) is 2.99. The lowest BCUT2D eigenvalue weighted by Gasteiger charge is -1.67. The van der Waals surface area contributed by atoms with Crippen LogP contribution in [0.1, 0.15) is 19.8 Å². The zero-order chi connectivity index (χ0) is 3.41. The maximum absolute atomic E-state index is 5.03. The van der Waals surface area contributed by atoms with E-state index in [0.717, 1.165) is 12.8 Å². The highest BCUT2D eigenvalue weighted by atomic mass is 13.6. The molecule has 0 aromatic rings. The van der Waals surface area contributed by atoms with Gasteiger partial charge in [-0.15, -0.1) is 0 Å². The minimum Gasteiger partial charge on any atom is -0.0654 e. The van der Waals surface area contributed by atoms with Crippen LogP contribution in [0, 0.1) is 6.92 Å². The molecule has 0 rings (SSSR count). The summed E-state index contributed by atoms with van der Waals surface area (Å²) in [6, 6.07) is 0. The van der Waals surface area contributed by atoms with Crippen LogP contribution in [0.4, 0.5) is 0 Å². The number of hydrogen-bond donors (Lipinski definition) is 0. The molecule has 0 heteroatoms. The quantitative estimate of drug-likeness (QED) is 0.427. The minimum absolute atomic E-state index is 0.819. The van der Waals surface area contributed by atoms with Crippen molar-refractivity contribution in [1.29, 1.82) is 0 Å². The fourth-order valence-electron chi connectivity index (χ4n) is 0. The van der Waals surface area contributed by atoms with Gasteiger partial charge in [-0.2, -0.15) is 0 Å². The van der Waals surface area contributed by atoms with Crippen molar-refractivity contribution in [1.82, 2.24) is 0 Å². The van der Waals surface area contributed by atoms with Crippen molar-refractivity contribution in [3.63, 3.8) is 0 Å². The van der Waals surface area contributed by atoms with Crippen molar-refractivity contribution in [2.45, 2.75) is 19.8 Å². The van der Waals surface area contributed by atoms with Gasteiger partial charge in [0.1, 0.15) is 0 Å². The fraction of sp³-hybridized carbons (Fsp3) is 0.750. The van der Waals surface area contributed by atoms with Crippen LogP contribution in [-0.4, -0.2) is 0 Å². The highest BCUT2D eigenvalue weighted by Crippen LogP contribution is 1.75. The van der Waals surface area contributed by atoms with Gasteiger partial charge >= 0.3 is 0 Å². The van der Waals surface area contributed by atoms with Crippen LogP contribution >= 0.6 is 0 Å². The van der Waals surface area contributed by atoms with Gasteiger partial charge in [0.2, 0.25) is 0 Å². The van der Waals surface area contributed by atoms with Crippen molar-refractivity contribution >= 4 is 0 Å². The molecule has 4 heavy (non-hydrogen) atoms. The summed E-state index contributed by atoms with van der Waals surface area (Å²) in [5.74, 6) is 0. The third-order valence-electron chi connectivity index (χ3n) is 0.289.